The minimum atomic E-state index is -2.33. The largest absolute Gasteiger partial charge is 0.508 e. The highest BCUT2D eigenvalue weighted by Crippen LogP contribution is 2.41. The van der Waals surface area contributed by atoms with Crippen molar-refractivity contribution in [3.8, 4) is 5.75 Å². The molecule has 1 aliphatic rings. The lowest BCUT2D eigenvalue weighted by Gasteiger charge is -2.14. The lowest BCUT2D eigenvalue weighted by molar-refractivity contribution is -0.151. The molecule has 2 N–H and O–H groups in total. The fourth-order valence-electron chi connectivity index (χ4n) is 1.82. The molecule has 0 spiro atoms. The molecule has 74 valence electrons. The second kappa shape index (κ2) is 2.70. The molecule has 0 bridgehead atoms. The zero-order chi connectivity index (χ0) is 10.3. The molecule has 0 saturated heterocycles. The van der Waals surface area contributed by atoms with Gasteiger partial charge in [0.15, 0.2) is 0 Å². The van der Waals surface area contributed by atoms with Gasteiger partial charge in [0.05, 0.1) is 0 Å². The Morgan fingerprint density at radius 1 is 1.50 bits per heavy atom. The minimum absolute atomic E-state index is 0.0544. The topological polar surface area (TPSA) is 57.5 Å². The van der Waals surface area contributed by atoms with Crippen LogP contribution in [0.5, 0.6) is 5.75 Å². The fourth-order valence-corrected chi connectivity index (χ4v) is 1.82. The van der Waals surface area contributed by atoms with Crippen LogP contribution in [0.2, 0.25) is 0 Å². The predicted octanol–water partition coefficient (Wildman–Crippen LogP) is 1.59. The van der Waals surface area contributed by atoms with E-state index in [0.717, 1.165) is 0 Å². The third-order valence-electron chi connectivity index (χ3n) is 2.60. The van der Waals surface area contributed by atoms with E-state index < -0.39 is 11.6 Å². The Bertz CT molecular complexity index is 402. The van der Waals surface area contributed by atoms with Gasteiger partial charge in [0.2, 0.25) is 5.67 Å². The third kappa shape index (κ3) is 1.07. The van der Waals surface area contributed by atoms with Crippen molar-refractivity contribution in [1.29, 1.82) is 0 Å². The van der Waals surface area contributed by atoms with Crippen molar-refractivity contribution < 1.29 is 19.4 Å². The number of rotatable bonds is 1. The van der Waals surface area contributed by atoms with Gasteiger partial charge in [-0.05, 0) is 24.1 Å². The standard InChI is InChI=1S/C10H9FO3/c11-10(9(13)14)4-3-6-1-2-7(12)5-8(6)10/h1-2,5,12H,3-4H2,(H,13,14). The van der Waals surface area contributed by atoms with Gasteiger partial charge in [-0.1, -0.05) is 6.07 Å². The number of aliphatic carboxylic acids is 1. The van der Waals surface area contributed by atoms with Gasteiger partial charge < -0.3 is 10.2 Å². The van der Waals surface area contributed by atoms with Gasteiger partial charge in [0, 0.05) is 12.0 Å². The van der Waals surface area contributed by atoms with E-state index in [9.17, 15) is 9.18 Å². The Morgan fingerprint density at radius 2 is 2.21 bits per heavy atom. The van der Waals surface area contributed by atoms with Gasteiger partial charge in [-0.15, -0.1) is 0 Å². The molecular weight excluding hydrogens is 187 g/mol. The lowest BCUT2D eigenvalue weighted by Crippen LogP contribution is -2.27. The molecule has 0 saturated carbocycles. The molecule has 0 heterocycles. The number of fused-ring (bicyclic) bond motifs is 1. The number of aromatic hydroxyl groups is 1. The summed E-state index contributed by atoms with van der Waals surface area (Å²) in [5.41, 5.74) is -1.58. The zero-order valence-electron chi connectivity index (χ0n) is 7.33. The molecule has 2 rings (SSSR count). The molecular formula is C10H9FO3. The third-order valence-corrected chi connectivity index (χ3v) is 2.60. The molecule has 1 aliphatic carbocycles. The molecule has 0 radical (unpaired) electrons. The average Bonchev–Trinajstić information content (AvgIpc) is 2.46. The number of carboxylic acid groups (broad SMARTS) is 1. The highest BCUT2D eigenvalue weighted by molar-refractivity contribution is 5.81. The Hall–Kier alpha value is -1.58. The molecule has 1 aromatic rings. The van der Waals surface area contributed by atoms with E-state index in [-0.39, 0.29) is 17.7 Å². The maximum atomic E-state index is 13.9. The van der Waals surface area contributed by atoms with Crippen molar-refractivity contribution in [2.45, 2.75) is 18.5 Å². The summed E-state index contributed by atoms with van der Waals surface area (Å²) < 4.78 is 13.9. The first-order valence-corrected chi connectivity index (χ1v) is 4.29. The number of alkyl halides is 1. The molecule has 1 aromatic carbocycles. The summed E-state index contributed by atoms with van der Waals surface area (Å²) in [5.74, 6) is -1.59. The quantitative estimate of drug-likeness (QED) is 0.717. The van der Waals surface area contributed by atoms with Gasteiger partial charge >= 0.3 is 5.97 Å². The van der Waals surface area contributed by atoms with Crippen LogP contribution in [-0.2, 0) is 16.9 Å². The lowest BCUT2D eigenvalue weighted by atomic mass is 9.98. The molecule has 14 heavy (non-hydrogen) atoms. The van der Waals surface area contributed by atoms with E-state index in [1.807, 2.05) is 0 Å². The molecule has 1 unspecified atom stereocenters. The summed E-state index contributed by atoms with van der Waals surface area (Å²) in [6, 6.07) is 4.19. The van der Waals surface area contributed by atoms with Crippen LogP contribution in [0.1, 0.15) is 17.5 Å². The molecule has 0 aromatic heterocycles. The molecule has 0 fully saturated rings. The van der Waals surface area contributed by atoms with Gasteiger partial charge in [0.25, 0.3) is 0 Å². The number of hydrogen-bond acceptors (Lipinski definition) is 2. The first kappa shape index (κ1) is 8.99. The molecule has 0 aliphatic heterocycles. The number of benzene rings is 1. The van der Waals surface area contributed by atoms with Crippen LogP contribution in [0, 0.1) is 0 Å². The van der Waals surface area contributed by atoms with E-state index >= 15 is 0 Å². The summed E-state index contributed by atoms with van der Waals surface area (Å²) in [7, 11) is 0. The van der Waals surface area contributed by atoms with Crippen LogP contribution < -0.4 is 0 Å². The number of carbonyl (C=O) groups is 1. The SMILES string of the molecule is O=C(O)C1(F)CCc2ccc(O)cc21. The van der Waals surface area contributed by atoms with Gasteiger partial charge in [-0.3, -0.25) is 0 Å². The van der Waals surface area contributed by atoms with Crippen LogP contribution in [-0.4, -0.2) is 16.2 Å². The summed E-state index contributed by atoms with van der Waals surface area (Å²) in [6.07, 6.45) is 0.347. The molecule has 4 heteroatoms. The van der Waals surface area contributed by atoms with Crippen molar-refractivity contribution >= 4 is 5.97 Å². The first-order valence-electron chi connectivity index (χ1n) is 4.29. The first-order chi connectivity index (χ1) is 6.54. The highest BCUT2D eigenvalue weighted by Gasteiger charge is 2.46. The fraction of sp³-hybridized carbons (Fsp3) is 0.300. The van der Waals surface area contributed by atoms with Crippen molar-refractivity contribution in [2.75, 3.05) is 0 Å². The second-order valence-electron chi connectivity index (χ2n) is 3.45. The number of hydrogen-bond donors (Lipinski definition) is 2. The van der Waals surface area contributed by atoms with Crippen LogP contribution in [0.3, 0.4) is 0 Å². The monoisotopic (exact) mass is 196 g/mol. The number of phenolic OH excluding ortho intramolecular Hbond substituents is 1. The predicted molar refractivity (Wildman–Crippen MR) is 46.8 cm³/mol. The van der Waals surface area contributed by atoms with Crippen LogP contribution in [0.15, 0.2) is 18.2 Å². The Morgan fingerprint density at radius 3 is 2.86 bits per heavy atom. The van der Waals surface area contributed by atoms with E-state index in [1.54, 1.807) is 6.07 Å². The maximum absolute atomic E-state index is 13.9. The van der Waals surface area contributed by atoms with Crippen LogP contribution >= 0.6 is 0 Å². The van der Waals surface area contributed by atoms with E-state index in [1.165, 1.54) is 12.1 Å². The van der Waals surface area contributed by atoms with Crippen LogP contribution in [0.4, 0.5) is 4.39 Å². The summed E-state index contributed by atoms with van der Waals surface area (Å²) in [4.78, 5) is 10.7. The minimum Gasteiger partial charge on any atom is -0.508 e. The highest BCUT2D eigenvalue weighted by atomic mass is 19.1. The molecule has 1 atom stereocenters. The van der Waals surface area contributed by atoms with E-state index in [0.29, 0.717) is 12.0 Å². The normalized spacial score (nSPS) is 24.6. The van der Waals surface area contributed by atoms with Gasteiger partial charge in [0.1, 0.15) is 5.75 Å². The average molecular weight is 196 g/mol. The smallest absolute Gasteiger partial charge is 0.346 e. The number of aryl methyl sites for hydroxylation is 1. The zero-order valence-corrected chi connectivity index (χ0v) is 7.33. The van der Waals surface area contributed by atoms with Crippen molar-refractivity contribution in [2.24, 2.45) is 0 Å². The Kier molecular flexibility index (Phi) is 1.74. The van der Waals surface area contributed by atoms with Crippen molar-refractivity contribution in [3.05, 3.63) is 29.3 Å². The number of carboxylic acids is 1. The number of phenols is 1. The second-order valence-corrected chi connectivity index (χ2v) is 3.45. The molecule has 3 nitrogen and oxygen atoms in total. The Labute approximate surface area is 79.8 Å². The summed E-state index contributed by atoms with van der Waals surface area (Å²) in [6.45, 7) is 0. The Balaban J connectivity index is 2.58. The summed E-state index contributed by atoms with van der Waals surface area (Å²) >= 11 is 0. The van der Waals surface area contributed by atoms with E-state index in [2.05, 4.69) is 0 Å². The maximum Gasteiger partial charge on any atom is 0.346 e. The van der Waals surface area contributed by atoms with E-state index in [4.69, 9.17) is 10.2 Å². The van der Waals surface area contributed by atoms with Crippen LogP contribution in [0.25, 0.3) is 0 Å². The van der Waals surface area contributed by atoms with Crippen molar-refractivity contribution in [3.63, 3.8) is 0 Å². The summed E-state index contributed by atoms with van der Waals surface area (Å²) in [5, 5.41) is 17.9. The van der Waals surface area contributed by atoms with Gasteiger partial charge in [-0.2, -0.15) is 0 Å². The van der Waals surface area contributed by atoms with Gasteiger partial charge in [-0.25, -0.2) is 9.18 Å². The molecule has 0 amide bonds. The number of halogens is 1. The van der Waals surface area contributed by atoms with Crippen molar-refractivity contribution in [1.82, 2.24) is 0 Å².